The van der Waals surface area contributed by atoms with Crippen LogP contribution in [-0.4, -0.2) is 35.0 Å². The van der Waals surface area contributed by atoms with E-state index in [2.05, 4.69) is 10.6 Å². The van der Waals surface area contributed by atoms with Crippen molar-refractivity contribution in [2.24, 2.45) is 5.92 Å². The van der Waals surface area contributed by atoms with Crippen LogP contribution in [0.2, 0.25) is 0 Å². The second-order valence-corrected chi connectivity index (χ2v) is 7.21. The summed E-state index contributed by atoms with van der Waals surface area (Å²) in [6, 6.07) is 5.89. The Morgan fingerprint density at radius 1 is 1.16 bits per heavy atom. The topological polar surface area (TPSA) is 81.7 Å². The molecule has 3 amide bonds. The van der Waals surface area contributed by atoms with Crippen LogP contribution < -0.4 is 10.6 Å². The van der Waals surface area contributed by atoms with Gasteiger partial charge in [-0.25, -0.2) is 4.79 Å². The number of amides is 3. The Balaban J connectivity index is 1.58. The average Bonchev–Trinajstić information content (AvgIpc) is 2.90. The number of nitrogens with one attached hydrogen (secondary N) is 2. The highest BCUT2D eigenvalue weighted by Gasteiger charge is 2.40. The third-order valence-corrected chi connectivity index (χ3v) is 5.43. The molecule has 0 aromatic heterocycles. The van der Waals surface area contributed by atoms with Crippen LogP contribution >= 0.6 is 0 Å². The van der Waals surface area contributed by atoms with Gasteiger partial charge in [0.2, 0.25) is 0 Å². The van der Waals surface area contributed by atoms with Crippen LogP contribution in [0.1, 0.15) is 43.7 Å². The molecule has 1 aromatic rings. The number of phenols is 1. The van der Waals surface area contributed by atoms with Crippen molar-refractivity contribution in [1.82, 2.24) is 15.5 Å². The van der Waals surface area contributed by atoms with Gasteiger partial charge in [-0.05, 0) is 36.5 Å². The van der Waals surface area contributed by atoms with Crippen molar-refractivity contribution in [2.75, 3.05) is 13.1 Å². The van der Waals surface area contributed by atoms with E-state index in [-0.39, 0.29) is 17.7 Å². The summed E-state index contributed by atoms with van der Waals surface area (Å²) in [7, 11) is 0. The van der Waals surface area contributed by atoms with Crippen molar-refractivity contribution in [1.29, 1.82) is 0 Å². The molecule has 1 aliphatic carbocycles. The predicted molar refractivity (Wildman–Crippen MR) is 92.7 cm³/mol. The van der Waals surface area contributed by atoms with E-state index in [9.17, 15) is 14.7 Å². The Labute approximate surface area is 146 Å². The van der Waals surface area contributed by atoms with Crippen LogP contribution in [0.4, 0.5) is 4.79 Å². The first-order valence-corrected chi connectivity index (χ1v) is 9.00. The molecule has 4 rings (SSSR count). The van der Waals surface area contributed by atoms with E-state index in [1.165, 1.54) is 32.1 Å². The second-order valence-electron chi connectivity index (χ2n) is 7.21. The van der Waals surface area contributed by atoms with Gasteiger partial charge in [0.05, 0.1) is 23.9 Å². The molecule has 25 heavy (non-hydrogen) atoms. The fourth-order valence-corrected chi connectivity index (χ4v) is 4.21. The first kappa shape index (κ1) is 16.0. The summed E-state index contributed by atoms with van der Waals surface area (Å²) in [5.74, 6) is 0.667. The Hall–Kier alpha value is -2.50. The maximum atomic E-state index is 13.0. The van der Waals surface area contributed by atoms with Gasteiger partial charge in [0, 0.05) is 6.54 Å². The lowest BCUT2D eigenvalue weighted by molar-refractivity contribution is -0.126. The molecule has 1 fully saturated rings. The van der Waals surface area contributed by atoms with Crippen LogP contribution in [0.15, 0.2) is 35.5 Å². The zero-order valence-corrected chi connectivity index (χ0v) is 14.1. The van der Waals surface area contributed by atoms with Crippen molar-refractivity contribution in [3.8, 4) is 5.75 Å². The first-order valence-electron chi connectivity index (χ1n) is 9.00. The lowest BCUT2D eigenvalue weighted by atomic mass is 9.89. The summed E-state index contributed by atoms with van der Waals surface area (Å²) in [5.41, 5.74) is 2.01. The Kier molecular flexibility index (Phi) is 4.11. The van der Waals surface area contributed by atoms with Crippen LogP contribution in [0.5, 0.6) is 5.75 Å². The fraction of sp³-hybridized carbons (Fsp3) is 0.474. The average molecular weight is 341 g/mol. The van der Waals surface area contributed by atoms with Gasteiger partial charge in [-0.1, -0.05) is 31.4 Å². The van der Waals surface area contributed by atoms with Gasteiger partial charge in [0.25, 0.3) is 5.91 Å². The minimum atomic E-state index is -0.514. The van der Waals surface area contributed by atoms with Crippen molar-refractivity contribution in [3.63, 3.8) is 0 Å². The molecule has 0 spiro atoms. The van der Waals surface area contributed by atoms with E-state index in [0.717, 1.165) is 12.1 Å². The molecule has 0 radical (unpaired) electrons. The standard InChI is InChI=1S/C19H23N3O3/c23-14-8-4-7-13(9-14)17-16-15(20-19(25)21-17)11-22(18(16)24)10-12-5-2-1-3-6-12/h4,7-9,12,17,23H,1-3,5-6,10-11H2,(H2,20,21,25). The zero-order valence-electron chi connectivity index (χ0n) is 14.1. The van der Waals surface area contributed by atoms with Crippen LogP contribution in [0, 0.1) is 5.92 Å². The summed E-state index contributed by atoms with van der Waals surface area (Å²) < 4.78 is 0. The number of phenolic OH excluding ortho intramolecular Hbond substituents is 1. The number of hydrogen-bond acceptors (Lipinski definition) is 3. The van der Waals surface area contributed by atoms with Crippen LogP contribution in [-0.2, 0) is 4.79 Å². The summed E-state index contributed by atoms with van der Waals surface area (Å²) in [6.45, 7) is 1.22. The van der Waals surface area contributed by atoms with E-state index >= 15 is 0 Å². The molecule has 6 nitrogen and oxygen atoms in total. The summed E-state index contributed by atoms with van der Waals surface area (Å²) >= 11 is 0. The van der Waals surface area contributed by atoms with Crippen molar-refractivity contribution in [3.05, 3.63) is 41.1 Å². The number of hydrogen-bond donors (Lipinski definition) is 3. The number of carbonyl (C=O) groups is 2. The fourth-order valence-electron chi connectivity index (χ4n) is 4.21. The molecule has 132 valence electrons. The lowest BCUT2D eigenvalue weighted by Gasteiger charge is -2.27. The number of carbonyl (C=O) groups excluding carboxylic acids is 2. The van der Waals surface area contributed by atoms with E-state index in [1.54, 1.807) is 18.2 Å². The number of rotatable bonds is 3. The smallest absolute Gasteiger partial charge is 0.319 e. The van der Waals surface area contributed by atoms with Crippen LogP contribution in [0.3, 0.4) is 0 Å². The minimum absolute atomic E-state index is 0.0126. The van der Waals surface area contributed by atoms with Crippen LogP contribution in [0.25, 0.3) is 0 Å². The van der Waals surface area contributed by atoms with Crippen molar-refractivity contribution < 1.29 is 14.7 Å². The Morgan fingerprint density at radius 2 is 1.96 bits per heavy atom. The molecule has 1 unspecified atom stereocenters. The molecule has 3 N–H and O–H groups in total. The van der Waals surface area contributed by atoms with E-state index in [4.69, 9.17) is 0 Å². The summed E-state index contributed by atoms with van der Waals surface area (Å²) in [4.78, 5) is 26.9. The Morgan fingerprint density at radius 3 is 2.72 bits per heavy atom. The number of nitrogens with zero attached hydrogens (tertiary/aromatic N) is 1. The van der Waals surface area contributed by atoms with E-state index in [0.29, 0.717) is 23.7 Å². The molecule has 1 atom stereocenters. The quantitative estimate of drug-likeness (QED) is 0.790. The molecule has 3 aliphatic rings. The molecular formula is C19H23N3O3. The third-order valence-electron chi connectivity index (χ3n) is 5.43. The van der Waals surface area contributed by atoms with E-state index < -0.39 is 6.04 Å². The third kappa shape index (κ3) is 3.08. The molecule has 2 heterocycles. The number of urea groups is 1. The monoisotopic (exact) mass is 341 g/mol. The minimum Gasteiger partial charge on any atom is -0.508 e. The SMILES string of the molecule is O=C1NC2=C(C(=O)N(CC3CCCCC3)C2)C(c2cccc(O)c2)N1. The Bertz CT molecular complexity index is 737. The van der Waals surface area contributed by atoms with Gasteiger partial charge in [-0.2, -0.15) is 0 Å². The summed E-state index contributed by atoms with van der Waals surface area (Å²) in [6.07, 6.45) is 6.12. The normalized spacial score (nSPS) is 24.2. The molecule has 0 bridgehead atoms. The maximum Gasteiger partial charge on any atom is 0.319 e. The van der Waals surface area contributed by atoms with Crippen molar-refractivity contribution >= 4 is 11.9 Å². The largest absolute Gasteiger partial charge is 0.508 e. The lowest BCUT2D eigenvalue weighted by Crippen LogP contribution is -2.44. The summed E-state index contributed by atoms with van der Waals surface area (Å²) in [5, 5.41) is 15.4. The zero-order chi connectivity index (χ0) is 17.4. The van der Waals surface area contributed by atoms with Gasteiger partial charge >= 0.3 is 6.03 Å². The molecule has 0 saturated heterocycles. The number of benzene rings is 1. The second kappa shape index (κ2) is 6.43. The van der Waals surface area contributed by atoms with Crippen molar-refractivity contribution in [2.45, 2.75) is 38.1 Å². The highest BCUT2D eigenvalue weighted by molar-refractivity contribution is 6.01. The molecule has 1 saturated carbocycles. The maximum absolute atomic E-state index is 13.0. The highest BCUT2D eigenvalue weighted by atomic mass is 16.3. The van der Waals surface area contributed by atoms with Gasteiger partial charge in [0.1, 0.15) is 5.75 Å². The van der Waals surface area contributed by atoms with E-state index in [1.807, 2.05) is 11.0 Å². The molecule has 2 aliphatic heterocycles. The highest BCUT2D eigenvalue weighted by Crippen LogP contribution is 2.35. The molecular weight excluding hydrogens is 318 g/mol. The van der Waals surface area contributed by atoms with Gasteiger partial charge in [-0.15, -0.1) is 0 Å². The first-order chi connectivity index (χ1) is 12.1. The van der Waals surface area contributed by atoms with Gasteiger partial charge in [0.15, 0.2) is 0 Å². The van der Waals surface area contributed by atoms with Gasteiger partial charge < -0.3 is 20.6 Å². The molecule has 1 aromatic carbocycles. The predicted octanol–water partition coefficient (Wildman–Crippen LogP) is 2.42. The number of aromatic hydroxyl groups is 1. The van der Waals surface area contributed by atoms with Gasteiger partial charge in [-0.3, -0.25) is 4.79 Å². The molecule has 6 heteroatoms.